The number of benzene rings is 1. The molecule has 3 heteroatoms. The summed E-state index contributed by atoms with van der Waals surface area (Å²) in [7, 11) is 0. The number of fused-ring (bicyclic) bond motifs is 2. The smallest absolute Gasteiger partial charge is 0.164 e. The minimum absolute atomic E-state index is 0.101. The van der Waals surface area contributed by atoms with Crippen LogP contribution in [0.5, 0.6) is 0 Å². The van der Waals surface area contributed by atoms with Crippen molar-refractivity contribution in [3.05, 3.63) is 30.3 Å². The molecule has 2 fully saturated rings. The molecular weight excluding hydrogens is 208 g/mol. The largest absolute Gasteiger partial charge is 0.366 e. The van der Waals surface area contributed by atoms with Crippen LogP contribution in [-0.2, 0) is 9.53 Å². The summed E-state index contributed by atoms with van der Waals surface area (Å²) >= 11 is 1.84. The lowest BCUT2D eigenvalue weighted by atomic mass is 9.99. The van der Waals surface area contributed by atoms with E-state index in [9.17, 15) is 4.79 Å². The second-order valence-corrected chi connectivity index (χ2v) is 5.35. The lowest BCUT2D eigenvalue weighted by Gasteiger charge is -2.17. The van der Waals surface area contributed by atoms with Crippen LogP contribution in [0.15, 0.2) is 35.2 Å². The van der Waals surface area contributed by atoms with E-state index in [-0.39, 0.29) is 12.2 Å². The normalized spacial score (nSPS) is 33.6. The molecule has 3 atom stereocenters. The van der Waals surface area contributed by atoms with Crippen molar-refractivity contribution in [2.24, 2.45) is 0 Å². The van der Waals surface area contributed by atoms with Crippen LogP contribution in [0.2, 0.25) is 0 Å². The van der Waals surface area contributed by atoms with E-state index in [2.05, 4.69) is 12.1 Å². The van der Waals surface area contributed by atoms with Crippen molar-refractivity contribution in [3.8, 4) is 0 Å². The molecule has 1 aromatic carbocycles. The number of hydrogen-bond acceptors (Lipinski definition) is 3. The maximum absolute atomic E-state index is 11.3. The maximum Gasteiger partial charge on any atom is 0.164 e. The van der Waals surface area contributed by atoms with Gasteiger partial charge in [-0.3, -0.25) is 4.79 Å². The molecule has 0 N–H and O–H groups in total. The molecule has 15 heavy (non-hydrogen) atoms. The first-order valence-corrected chi connectivity index (χ1v) is 6.11. The fourth-order valence-electron chi connectivity index (χ4n) is 2.23. The predicted octanol–water partition coefficient (Wildman–Crippen LogP) is 2.28. The zero-order chi connectivity index (χ0) is 10.3. The summed E-state index contributed by atoms with van der Waals surface area (Å²) in [6.45, 7) is 0. The highest BCUT2D eigenvalue weighted by atomic mass is 32.2. The van der Waals surface area contributed by atoms with E-state index in [4.69, 9.17) is 4.74 Å². The number of ether oxygens (including phenoxy) is 1. The number of carbonyl (C=O) groups is 1. The molecule has 2 nitrogen and oxygen atoms in total. The van der Waals surface area contributed by atoms with Gasteiger partial charge in [-0.1, -0.05) is 18.2 Å². The number of Topliss-reactive ketones (excluding diaryl/α,β-unsaturated/α-hetero) is 1. The first-order chi connectivity index (χ1) is 7.33. The Bertz CT molecular complexity index is 376. The molecule has 0 aliphatic carbocycles. The van der Waals surface area contributed by atoms with E-state index >= 15 is 0 Å². The number of carbonyl (C=O) groups excluding carboxylic acids is 1. The molecule has 2 heterocycles. The Hall–Kier alpha value is -0.800. The molecule has 0 spiro atoms. The summed E-state index contributed by atoms with van der Waals surface area (Å²) in [5.41, 5.74) is 0. The van der Waals surface area contributed by atoms with Crippen molar-refractivity contribution >= 4 is 17.5 Å². The summed E-state index contributed by atoms with van der Waals surface area (Å²) in [5.74, 6) is 0.296. The van der Waals surface area contributed by atoms with Crippen molar-refractivity contribution in [1.82, 2.24) is 0 Å². The van der Waals surface area contributed by atoms with E-state index in [1.165, 1.54) is 4.90 Å². The van der Waals surface area contributed by atoms with Gasteiger partial charge in [0.2, 0.25) is 0 Å². The lowest BCUT2D eigenvalue weighted by molar-refractivity contribution is -0.121. The number of rotatable bonds is 2. The minimum atomic E-state index is -0.101. The van der Waals surface area contributed by atoms with E-state index in [1.54, 1.807) is 0 Å². The van der Waals surface area contributed by atoms with Gasteiger partial charge in [-0.15, -0.1) is 11.8 Å². The number of thioether (sulfide) groups is 1. The van der Waals surface area contributed by atoms with Gasteiger partial charge in [-0.25, -0.2) is 0 Å². The Kier molecular flexibility index (Phi) is 2.29. The highest BCUT2D eigenvalue weighted by Gasteiger charge is 2.46. The van der Waals surface area contributed by atoms with Crippen molar-refractivity contribution in [2.75, 3.05) is 0 Å². The topological polar surface area (TPSA) is 26.3 Å². The zero-order valence-corrected chi connectivity index (χ0v) is 9.07. The third-order valence-electron chi connectivity index (χ3n) is 2.99. The lowest BCUT2D eigenvalue weighted by Crippen LogP contribution is -2.24. The van der Waals surface area contributed by atoms with E-state index < -0.39 is 0 Å². The van der Waals surface area contributed by atoms with E-state index in [1.807, 2.05) is 30.0 Å². The second-order valence-electron chi connectivity index (χ2n) is 4.04. The van der Waals surface area contributed by atoms with Crippen LogP contribution >= 0.6 is 11.8 Å². The number of ketones is 1. The van der Waals surface area contributed by atoms with Gasteiger partial charge in [0.05, 0.1) is 6.10 Å². The molecule has 0 amide bonds. The number of hydrogen-bond donors (Lipinski definition) is 0. The monoisotopic (exact) mass is 220 g/mol. The van der Waals surface area contributed by atoms with Crippen molar-refractivity contribution in [3.63, 3.8) is 0 Å². The molecular formula is C12H12O2S. The summed E-state index contributed by atoms with van der Waals surface area (Å²) in [5, 5.41) is 0.468. The first kappa shape index (κ1) is 9.43. The van der Waals surface area contributed by atoms with Crippen LogP contribution in [-0.4, -0.2) is 23.2 Å². The molecule has 2 bridgehead atoms. The Morgan fingerprint density at radius 3 is 2.67 bits per heavy atom. The van der Waals surface area contributed by atoms with Crippen molar-refractivity contribution in [1.29, 1.82) is 0 Å². The third kappa shape index (κ3) is 1.70. The molecule has 0 radical (unpaired) electrons. The Balaban J connectivity index is 1.69. The molecule has 1 aromatic rings. The van der Waals surface area contributed by atoms with Crippen LogP contribution in [0, 0.1) is 0 Å². The van der Waals surface area contributed by atoms with Gasteiger partial charge in [0, 0.05) is 16.6 Å². The minimum Gasteiger partial charge on any atom is -0.366 e. The molecule has 0 saturated carbocycles. The Morgan fingerprint density at radius 2 is 2.07 bits per heavy atom. The van der Waals surface area contributed by atoms with Gasteiger partial charge in [-0.05, 0) is 18.6 Å². The van der Waals surface area contributed by atoms with Crippen LogP contribution in [0.3, 0.4) is 0 Å². The highest BCUT2D eigenvalue weighted by Crippen LogP contribution is 2.41. The van der Waals surface area contributed by atoms with Gasteiger partial charge in [0.15, 0.2) is 5.78 Å². The van der Waals surface area contributed by atoms with Crippen molar-refractivity contribution in [2.45, 2.75) is 35.2 Å². The average Bonchev–Trinajstić information content (AvgIpc) is 2.78. The Morgan fingerprint density at radius 1 is 1.27 bits per heavy atom. The quantitative estimate of drug-likeness (QED) is 0.765. The van der Waals surface area contributed by atoms with Gasteiger partial charge in [0.1, 0.15) is 6.10 Å². The van der Waals surface area contributed by atoms with Crippen LogP contribution in [0.4, 0.5) is 0 Å². The predicted molar refractivity (Wildman–Crippen MR) is 59.0 cm³/mol. The van der Waals surface area contributed by atoms with E-state index in [0.717, 1.165) is 6.42 Å². The Labute approximate surface area is 93.0 Å². The van der Waals surface area contributed by atoms with Crippen LogP contribution in [0.1, 0.15) is 12.8 Å². The van der Waals surface area contributed by atoms with Gasteiger partial charge >= 0.3 is 0 Å². The van der Waals surface area contributed by atoms with E-state index in [0.29, 0.717) is 17.5 Å². The zero-order valence-electron chi connectivity index (χ0n) is 8.26. The molecule has 0 unspecified atom stereocenters. The molecule has 2 saturated heterocycles. The summed E-state index contributed by atoms with van der Waals surface area (Å²) in [6.07, 6.45) is 1.57. The fourth-order valence-corrected chi connectivity index (χ4v) is 3.48. The van der Waals surface area contributed by atoms with Gasteiger partial charge in [0.25, 0.3) is 0 Å². The highest BCUT2D eigenvalue weighted by molar-refractivity contribution is 8.00. The standard InChI is InChI=1S/C12H12O2S/c13-9-6-11-12(7-10(9)14-11)15-8-4-2-1-3-5-8/h1-5,10-12H,6-7H2/t10-,11-,12+/m1/s1. The van der Waals surface area contributed by atoms with Gasteiger partial charge in [-0.2, -0.15) is 0 Å². The van der Waals surface area contributed by atoms with Crippen LogP contribution in [0.25, 0.3) is 0 Å². The SMILES string of the molecule is O=C1C[C@H]2O[C@@H]1C[C@@H]2Sc1ccccc1. The molecule has 2 aliphatic rings. The molecule has 78 valence electrons. The second kappa shape index (κ2) is 3.65. The molecule has 2 aliphatic heterocycles. The summed E-state index contributed by atoms with van der Waals surface area (Å²) < 4.78 is 5.60. The first-order valence-electron chi connectivity index (χ1n) is 5.23. The van der Waals surface area contributed by atoms with Gasteiger partial charge < -0.3 is 4.74 Å². The van der Waals surface area contributed by atoms with Crippen molar-refractivity contribution < 1.29 is 9.53 Å². The molecule has 3 rings (SSSR count). The fraction of sp³-hybridized carbons (Fsp3) is 0.417. The van der Waals surface area contributed by atoms with Crippen LogP contribution < -0.4 is 0 Å². The molecule has 0 aromatic heterocycles. The summed E-state index contributed by atoms with van der Waals surface area (Å²) in [4.78, 5) is 12.6. The summed E-state index contributed by atoms with van der Waals surface area (Å²) in [6, 6.07) is 10.3. The maximum atomic E-state index is 11.3. The third-order valence-corrected chi connectivity index (χ3v) is 4.34. The average molecular weight is 220 g/mol.